The molecule has 0 spiro atoms. The molecule has 0 saturated heterocycles. The van der Waals surface area contributed by atoms with Crippen LogP contribution in [0.15, 0.2) is 23.6 Å². The average molecular weight is 165 g/mol. The maximum Gasteiger partial charge on any atom is 0.197 e. The van der Waals surface area contributed by atoms with Crippen molar-refractivity contribution in [1.29, 1.82) is 0 Å². The molecule has 0 amide bonds. The van der Waals surface area contributed by atoms with E-state index in [1.807, 2.05) is 0 Å². The molecule has 0 bridgehead atoms. The predicted octanol–water partition coefficient (Wildman–Crippen LogP) is 2.75. The Labute approximate surface area is 67.3 Å². The molecule has 0 aliphatic rings. The summed E-state index contributed by atoms with van der Waals surface area (Å²) >= 11 is 1.36. The van der Waals surface area contributed by atoms with Crippen molar-refractivity contribution >= 4 is 21.4 Å². The molecule has 0 unspecified atom stereocenters. The second-order valence-electron chi connectivity index (χ2n) is 2.28. The van der Waals surface area contributed by atoms with Crippen molar-refractivity contribution in [3.63, 3.8) is 0 Å². The highest BCUT2D eigenvalue weighted by Gasteiger charge is 2.03. The summed E-state index contributed by atoms with van der Waals surface area (Å²) in [5, 5.41) is 22.3. The molecule has 55 valence electrons. The summed E-state index contributed by atoms with van der Waals surface area (Å²) < 4.78 is 0.843. The van der Waals surface area contributed by atoms with Crippen molar-refractivity contribution in [2.75, 3.05) is 0 Å². The molecule has 1 aromatic heterocycles. The Morgan fingerprint density at radius 3 is 3.00 bits per heavy atom. The smallest absolute Gasteiger partial charge is 0.197 e. The van der Waals surface area contributed by atoms with E-state index in [0.29, 0.717) is 5.39 Å². The van der Waals surface area contributed by atoms with E-state index in [0.717, 1.165) is 4.70 Å². The van der Waals surface area contributed by atoms with E-state index in [1.165, 1.54) is 17.4 Å². The van der Waals surface area contributed by atoms with Crippen LogP contribution in [0.25, 0.3) is 10.1 Å². The maximum atomic E-state index is 11.0. The third-order valence-electron chi connectivity index (χ3n) is 1.52. The van der Waals surface area contributed by atoms with E-state index in [9.17, 15) is 5.11 Å². The number of phenols is 1. The fourth-order valence-electron chi connectivity index (χ4n) is 0.993. The molecule has 1 aromatic carbocycles. The van der Waals surface area contributed by atoms with Crippen molar-refractivity contribution < 1.29 is 10.2 Å². The van der Waals surface area contributed by atoms with Crippen LogP contribution < -0.4 is 0 Å². The Balaban J connectivity index is 2.86. The summed E-state index contributed by atoms with van der Waals surface area (Å²) in [6, 6.07) is 4.77. The van der Waals surface area contributed by atoms with Crippen LogP contribution in [0.5, 0.6) is 11.5 Å². The fourth-order valence-corrected chi connectivity index (χ4v) is 1.84. The number of phenolic OH excluding ortho intramolecular Hbond substituents is 1. The molecule has 0 atom stereocenters. The summed E-state index contributed by atoms with van der Waals surface area (Å²) in [7, 11) is 0. The Kier molecular flexibility index (Phi) is 1.26. The van der Waals surface area contributed by atoms with Gasteiger partial charge in [0.2, 0.25) is 0 Å². The van der Waals surface area contributed by atoms with Gasteiger partial charge >= 0.3 is 0 Å². The first-order chi connectivity index (χ1) is 5.27. The molecule has 0 saturated carbocycles. The minimum Gasteiger partial charge on any atom is -0.508 e. The number of aromatic hydroxyl groups is 1. The van der Waals surface area contributed by atoms with Gasteiger partial charge in [-0.15, -0.1) is 11.3 Å². The van der Waals surface area contributed by atoms with E-state index in [1.54, 1.807) is 17.5 Å². The Hall–Kier alpha value is -1.22. The van der Waals surface area contributed by atoms with Gasteiger partial charge in [-0.1, -0.05) is 0 Å². The number of hydrogen-bond donors (Lipinski definition) is 1. The summed E-state index contributed by atoms with van der Waals surface area (Å²) in [6.07, 6.45) is 0. The number of rotatable bonds is 0. The standard InChI is InChI=1S/C8H5O2S/c9-5-1-2-6-7(10)4-11-8(6)3-5/h1-4,9H. The second-order valence-corrected chi connectivity index (χ2v) is 3.19. The van der Waals surface area contributed by atoms with Gasteiger partial charge in [-0.2, -0.15) is 0 Å². The molecule has 0 aliphatic carbocycles. The Morgan fingerprint density at radius 2 is 2.18 bits per heavy atom. The van der Waals surface area contributed by atoms with Crippen LogP contribution in [-0.2, 0) is 5.11 Å². The average Bonchev–Trinajstić information content (AvgIpc) is 2.32. The van der Waals surface area contributed by atoms with Gasteiger partial charge < -0.3 is 5.11 Å². The van der Waals surface area contributed by atoms with E-state index in [2.05, 4.69) is 0 Å². The first-order valence-electron chi connectivity index (χ1n) is 3.14. The molecule has 1 N–H and O–H groups in total. The highest BCUT2D eigenvalue weighted by atomic mass is 32.1. The SMILES string of the molecule is [O]c1csc2cc(O)ccc12. The lowest BCUT2D eigenvalue weighted by Crippen LogP contribution is -1.63. The summed E-state index contributed by atoms with van der Waals surface area (Å²) in [4.78, 5) is 0. The topological polar surface area (TPSA) is 40.1 Å². The van der Waals surface area contributed by atoms with E-state index >= 15 is 0 Å². The first-order valence-corrected chi connectivity index (χ1v) is 4.02. The first kappa shape index (κ1) is 6.49. The Bertz CT molecular complexity index is 392. The zero-order chi connectivity index (χ0) is 7.84. The summed E-state index contributed by atoms with van der Waals surface area (Å²) in [5.41, 5.74) is 0. The van der Waals surface area contributed by atoms with Gasteiger partial charge in [0.05, 0.1) is 0 Å². The monoisotopic (exact) mass is 165 g/mol. The number of hydrogen-bond acceptors (Lipinski definition) is 2. The minimum absolute atomic E-state index is 0.0324. The zero-order valence-electron chi connectivity index (χ0n) is 5.57. The van der Waals surface area contributed by atoms with Crippen LogP contribution in [-0.4, -0.2) is 5.11 Å². The van der Waals surface area contributed by atoms with Gasteiger partial charge in [0.1, 0.15) is 5.75 Å². The second kappa shape index (κ2) is 2.13. The molecule has 11 heavy (non-hydrogen) atoms. The summed E-state index contributed by atoms with van der Waals surface area (Å²) in [5.74, 6) is 0.240. The number of benzene rings is 1. The van der Waals surface area contributed by atoms with Gasteiger partial charge in [-0.05, 0) is 18.2 Å². The zero-order valence-corrected chi connectivity index (χ0v) is 6.39. The normalized spacial score (nSPS) is 10.5. The van der Waals surface area contributed by atoms with Crippen molar-refractivity contribution in [2.45, 2.75) is 0 Å². The van der Waals surface area contributed by atoms with Crippen molar-refractivity contribution in [1.82, 2.24) is 0 Å². The van der Waals surface area contributed by atoms with E-state index in [4.69, 9.17) is 5.11 Å². The van der Waals surface area contributed by atoms with Crippen LogP contribution in [0.4, 0.5) is 0 Å². The summed E-state index contributed by atoms with van der Waals surface area (Å²) in [6.45, 7) is 0. The van der Waals surface area contributed by atoms with Crippen LogP contribution in [0.3, 0.4) is 0 Å². The quantitative estimate of drug-likeness (QED) is 0.640. The van der Waals surface area contributed by atoms with Crippen LogP contribution in [0.2, 0.25) is 0 Å². The van der Waals surface area contributed by atoms with Crippen molar-refractivity contribution in [3.8, 4) is 11.5 Å². The molecular weight excluding hydrogens is 160 g/mol. The van der Waals surface area contributed by atoms with Crippen molar-refractivity contribution in [2.24, 2.45) is 0 Å². The van der Waals surface area contributed by atoms with Gasteiger partial charge in [0, 0.05) is 15.5 Å². The largest absolute Gasteiger partial charge is 0.508 e. The molecule has 0 aliphatic heterocycles. The molecule has 0 fully saturated rings. The lowest BCUT2D eigenvalue weighted by molar-refractivity contribution is 0.362. The molecule has 1 heterocycles. The van der Waals surface area contributed by atoms with Gasteiger partial charge in [-0.3, -0.25) is 5.11 Å². The van der Waals surface area contributed by atoms with E-state index < -0.39 is 0 Å². The maximum absolute atomic E-state index is 11.0. The predicted molar refractivity (Wildman–Crippen MR) is 43.6 cm³/mol. The van der Waals surface area contributed by atoms with Crippen LogP contribution in [0.1, 0.15) is 0 Å². The molecule has 3 heteroatoms. The minimum atomic E-state index is 0.0324. The Morgan fingerprint density at radius 1 is 1.36 bits per heavy atom. The number of thiophene rings is 1. The van der Waals surface area contributed by atoms with Gasteiger partial charge in [0.25, 0.3) is 0 Å². The highest BCUT2D eigenvalue weighted by Crippen LogP contribution is 2.33. The van der Waals surface area contributed by atoms with Gasteiger partial charge in [0.15, 0.2) is 5.75 Å². The molecule has 2 rings (SSSR count). The molecule has 2 aromatic rings. The lowest BCUT2D eigenvalue weighted by atomic mass is 10.2. The van der Waals surface area contributed by atoms with Crippen LogP contribution in [0, 0.1) is 0 Å². The highest BCUT2D eigenvalue weighted by molar-refractivity contribution is 7.17. The van der Waals surface area contributed by atoms with E-state index in [-0.39, 0.29) is 11.5 Å². The third-order valence-corrected chi connectivity index (χ3v) is 2.45. The fraction of sp³-hybridized carbons (Fsp3) is 0. The van der Waals surface area contributed by atoms with Crippen molar-refractivity contribution in [3.05, 3.63) is 23.6 Å². The molecule has 2 nitrogen and oxygen atoms in total. The third kappa shape index (κ3) is 0.935. The van der Waals surface area contributed by atoms with Crippen LogP contribution >= 0.6 is 11.3 Å². The molecule has 1 radical (unpaired) electrons. The van der Waals surface area contributed by atoms with Gasteiger partial charge in [-0.25, -0.2) is 0 Å². The number of fused-ring (bicyclic) bond motifs is 1. The lowest BCUT2D eigenvalue weighted by Gasteiger charge is -1.89. The molecular formula is C8H5O2S.